The fourth-order valence-corrected chi connectivity index (χ4v) is 9.41. The summed E-state index contributed by atoms with van der Waals surface area (Å²) in [6, 6.07) is 13.2. The largest absolute Gasteiger partial charge is 0.496 e. The first-order valence-electron chi connectivity index (χ1n) is 16.9. The van der Waals surface area contributed by atoms with Gasteiger partial charge in [-0.15, -0.1) is 0 Å². The summed E-state index contributed by atoms with van der Waals surface area (Å²) >= 11 is 0. The molecule has 0 fully saturated rings. The van der Waals surface area contributed by atoms with Crippen molar-refractivity contribution in [2.75, 3.05) is 48.4 Å². The third-order valence-corrected chi connectivity index (χ3v) is 14.1. The zero-order valence-corrected chi connectivity index (χ0v) is 31.4. The van der Waals surface area contributed by atoms with Crippen molar-refractivity contribution in [2.24, 2.45) is 17.8 Å². The van der Waals surface area contributed by atoms with Crippen LogP contribution in [0.15, 0.2) is 30.3 Å². The Balaban J connectivity index is 2.60. The Morgan fingerprint density at radius 2 is 1.41 bits per heavy atom. The Morgan fingerprint density at radius 3 is 1.93 bits per heavy atom. The molecule has 9 heteroatoms. The Bertz CT molecular complexity index is 1130. The Labute approximate surface area is 280 Å². The van der Waals surface area contributed by atoms with Gasteiger partial charge >= 0.3 is 0 Å². The van der Waals surface area contributed by atoms with Gasteiger partial charge in [0.15, 0.2) is 19.8 Å². The number of rotatable bonds is 23. The second kappa shape index (κ2) is 20.3. The number of aliphatic hydroxyl groups excluding tert-OH is 1. The van der Waals surface area contributed by atoms with E-state index in [0.717, 1.165) is 47.0 Å². The van der Waals surface area contributed by atoms with Crippen LogP contribution in [0.1, 0.15) is 76.3 Å². The second-order valence-corrected chi connectivity index (χ2v) is 17.4. The van der Waals surface area contributed by atoms with Crippen LogP contribution in [0.3, 0.4) is 0 Å². The van der Waals surface area contributed by atoms with E-state index >= 15 is 0 Å². The van der Waals surface area contributed by atoms with Crippen molar-refractivity contribution in [3.8, 4) is 17.2 Å². The van der Waals surface area contributed by atoms with Crippen LogP contribution in [0.5, 0.6) is 17.2 Å². The van der Waals surface area contributed by atoms with Crippen molar-refractivity contribution in [3.05, 3.63) is 52.6 Å². The van der Waals surface area contributed by atoms with Gasteiger partial charge in [0.05, 0.1) is 40.1 Å². The van der Waals surface area contributed by atoms with E-state index in [1.807, 2.05) is 32.0 Å². The molecule has 0 aliphatic rings. The summed E-state index contributed by atoms with van der Waals surface area (Å²) in [6.45, 7) is 16.5. The highest BCUT2D eigenvalue weighted by atomic mass is 28.4. The summed E-state index contributed by atoms with van der Waals surface area (Å²) in [4.78, 5) is 0. The first-order chi connectivity index (χ1) is 22.1. The molecule has 2 aromatic carbocycles. The van der Waals surface area contributed by atoms with Crippen molar-refractivity contribution in [2.45, 2.75) is 98.3 Å². The van der Waals surface area contributed by atoms with E-state index in [1.165, 1.54) is 5.56 Å². The molecule has 8 nitrogen and oxygen atoms in total. The lowest BCUT2D eigenvalue weighted by Gasteiger charge is -2.38. The van der Waals surface area contributed by atoms with Gasteiger partial charge in [-0.2, -0.15) is 0 Å². The van der Waals surface area contributed by atoms with Gasteiger partial charge in [-0.3, -0.25) is 0 Å². The first-order valence-corrected chi connectivity index (χ1v) is 19.4. The zero-order valence-electron chi connectivity index (χ0n) is 30.4. The Hall–Kier alpha value is -2.14. The third-order valence-electron chi connectivity index (χ3n) is 9.47. The van der Waals surface area contributed by atoms with E-state index < -0.39 is 14.4 Å². The molecule has 0 saturated heterocycles. The molecule has 0 radical (unpaired) electrons. The molecule has 0 spiro atoms. The second-order valence-electron chi connectivity index (χ2n) is 12.7. The van der Waals surface area contributed by atoms with Gasteiger partial charge in [-0.1, -0.05) is 71.9 Å². The predicted octanol–water partition coefficient (Wildman–Crippen LogP) is 8.12. The minimum atomic E-state index is -2.13. The fourth-order valence-electron chi connectivity index (χ4n) is 6.52. The lowest BCUT2D eigenvalue weighted by Crippen LogP contribution is -2.40. The van der Waals surface area contributed by atoms with E-state index in [9.17, 15) is 5.11 Å². The molecular weight excluding hydrogens is 600 g/mol. The van der Waals surface area contributed by atoms with E-state index in [4.69, 9.17) is 32.8 Å². The number of methoxy groups -OCH3 is 4. The van der Waals surface area contributed by atoms with Crippen LogP contribution in [0.25, 0.3) is 0 Å². The van der Waals surface area contributed by atoms with Gasteiger partial charge < -0.3 is 38.0 Å². The molecule has 0 aliphatic carbocycles. The van der Waals surface area contributed by atoms with Crippen molar-refractivity contribution in [1.82, 2.24) is 0 Å². The number of hydrogen-bond donors (Lipinski definition) is 1. The van der Waals surface area contributed by atoms with E-state index in [0.29, 0.717) is 37.1 Å². The molecule has 2 rings (SSSR count). The van der Waals surface area contributed by atoms with Crippen molar-refractivity contribution < 1.29 is 38.0 Å². The molecule has 5 atom stereocenters. The standard InChI is InChI=1S/C37H62O8Si/c1-12-46(13-2,14-3)45-34(28(6)22-38)33-31(35(40-9)29(7)36(41-10)37(33)42-11)21-32(44-25-39-8)27(5)20-26(4)23-43-24-30-18-16-15-17-19-30/h15-19,26-28,32,34,38H,12-14,20-25H2,1-11H3/t26-,27-,28+,32-,34+/m0/s1. The maximum Gasteiger partial charge on any atom is 0.192 e. The Morgan fingerprint density at radius 1 is 0.804 bits per heavy atom. The number of ether oxygens (including phenoxy) is 6. The van der Waals surface area contributed by atoms with E-state index in [2.05, 4.69) is 46.8 Å². The summed E-state index contributed by atoms with van der Waals surface area (Å²) in [6.07, 6.45) is 0.821. The lowest BCUT2D eigenvalue weighted by molar-refractivity contribution is -0.0922. The maximum absolute atomic E-state index is 10.6. The SMILES string of the molecule is CC[Si](CC)(CC)O[C@@H](c1c(C[C@H](OCOC)[C@@H](C)C[C@H](C)COCc2ccccc2)c(OC)c(C)c(OC)c1OC)[C@H](C)CO. The highest BCUT2D eigenvalue weighted by molar-refractivity contribution is 6.73. The highest BCUT2D eigenvalue weighted by Gasteiger charge is 2.40. The summed E-state index contributed by atoms with van der Waals surface area (Å²) in [7, 11) is 4.53. The van der Waals surface area contributed by atoms with Crippen molar-refractivity contribution >= 4 is 8.32 Å². The molecule has 262 valence electrons. The van der Waals surface area contributed by atoms with Crippen LogP contribution >= 0.6 is 0 Å². The molecule has 1 N–H and O–H groups in total. The molecular formula is C37H62O8Si. The minimum absolute atomic E-state index is 0.0338. The summed E-state index contributed by atoms with van der Waals surface area (Å²) in [5.74, 6) is 2.24. The predicted molar refractivity (Wildman–Crippen MR) is 188 cm³/mol. The number of benzene rings is 2. The molecule has 46 heavy (non-hydrogen) atoms. The Kier molecular flexibility index (Phi) is 17.6. The summed E-state index contributed by atoms with van der Waals surface area (Å²) in [5, 5.41) is 10.6. The van der Waals surface area contributed by atoms with Crippen LogP contribution in [0.4, 0.5) is 0 Å². The smallest absolute Gasteiger partial charge is 0.192 e. The third kappa shape index (κ3) is 10.4. The number of aliphatic hydroxyl groups is 1. The summed E-state index contributed by atoms with van der Waals surface area (Å²) < 4.78 is 43.4. The fraction of sp³-hybridized carbons (Fsp3) is 0.676. The van der Waals surface area contributed by atoms with Crippen LogP contribution in [-0.2, 0) is 31.7 Å². The monoisotopic (exact) mass is 662 g/mol. The lowest BCUT2D eigenvalue weighted by atomic mass is 9.84. The van der Waals surface area contributed by atoms with Crippen LogP contribution in [-0.4, -0.2) is 68.0 Å². The quantitative estimate of drug-likeness (QED) is 0.0944. The molecule has 0 unspecified atom stereocenters. The topological polar surface area (TPSA) is 84.8 Å². The average Bonchev–Trinajstić information content (AvgIpc) is 3.07. The first kappa shape index (κ1) is 40.0. The van der Waals surface area contributed by atoms with Crippen LogP contribution in [0.2, 0.25) is 18.1 Å². The van der Waals surface area contributed by atoms with E-state index in [-0.39, 0.29) is 31.3 Å². The highest BCUT2D eigenvalue weighted by Crippen LogP contribution is 2.50. The molecule has 0 aromatic heterocycles. The van der Waals surface area contributed by atoms with Crippen molar-refractivity contribution in [1.29, 1.82) is 0 Å². The van der Waals surface area contributed by atoms with Crippen LogP contribution in [0, 0.1) is 24.7 Å². The average molecular weight is 663 g/mol. The minimum Gasteiger partial charge on any atom is -0.496 e. The van der Waals surface area contributed by atoms with Crippen molar-refractivity contribution in [3.63, 3.8) is 0 Å². The van der Waals surface area contributed by atoms with Gasteiger partial charge in [0.25, 0.3) is 0 Å². The van der Waals surface area contributed by atoms with Gasteiger partial charge in [-0.25, -0.2) is 0 Å². The maximum atomic E-state index is 10.6. The van der Waals surface area contributed by atoms with E-state index in [1.54, 1.807) is 28.4 Å². The van der Waals surface area contributed by atoms with Gasteiger partial charge in [0, 0.05) is 49.4 Å². The van der Waals surface area contributed by atoms with Gasteiger partial charge in [0.2, 0.25) is 0 Å². The van der Waals surface area contributed by atoms with Crippen LogP contribution < -0.4 is 14.2 Å². The molecule has 0 bridgehead atoms. The summed E-state index contributed by atoms with van der Waals surface area (Å²) in [5.41, 5.74) is 3.84. The molecule has 0 heterocycles. The zero-order chi connectivity index (χ0) is 34.3. The van der Waals surface area contributed by atoms with Gasteiger partial charge in [-0.05, 0) is 48.9 Å². The molecule has 0 saturated carbocycles. The molecule has 0 aliphatic heterocycles. The van der Waals surface area contributed by atoms with Gasteiger partial charge in [0.1, 0.15) is 12.5 Å². The molecule has 2 aromatic rings. The number of hydrogen-bond acceptors (Lipinski definition) is 8. The normalized spacial score (nSPS) is 15.2. The molecule has 0 amide bonds.